The molecule has 0 unspecified atom stereocenters. The predicted octanol–water partition coefficient (Wildman–Crippen LogP) is 1.27. The zero-order valence-corrected chi connectivity index (χ0v) is 28.9. The van der Waals surface area contributed by atoms with Crippen LogP contribution in [0.15, 0.2) is 0 Å². The van der Waals surface area contributed by atoms with Crippen LogP contribution in [0.4, 0.5) is 0 Å². The normalized spacial score (nSPS) is 43.1. The van der Waals surface area contributed by atoms with Gasteiger partial charge in [0.1, 0.15) is 12.1 Å². The molecule has 1 N–H and O–H groups in total. The molecular formula is C34H55BrN2O7. The Morgan fingerprint density at radius 3 is 2.32 bits per heavy atom. The number of carboxylic acid groups (broad SMARTS) is 1. The number of carbonyl (C=O) groups excluding carboxylic acids is 2. The summed E-state index contributed by atoms with van der Waals surface area (Å²) in [7, 11) is 2.41. The molecule has 250 valence electrons. The van der Waals surface area contributed by atoms with E-state index < -0.39 is 5.97 Å². The Hall–Kier alpha value is -1.23. The molecule has 0 aromatic carbocycles. The van der Waals surface area contributed by atoms with E-state index in [0.717, 1.165) is 56.1 Å². The van der Waals surface area contributed by atoms with E-state index in [9.17, 15) is 14.4 Å². The molecule has 6 aliphatic rings. The summed E-state index contributed by atoms with van der Waals surface area (Å²) in [5.74, 6) is 0.786. The van der Waals surface area contributed by atoms with E-state index >= 15 is 0 Å². The first kappa shape index (κ1) is 34.1. The third-order valence-corrected chi connectivity index (χ3v) is 13.6. The SMILES string of the molecule is CC(=O)O[C@H]1[C@@H]([N+]2(C)CCCC2)C[C@H]2[C@@H]3CC[C@H]4C[C@H](OC(=O)CCC(=O)O)[C@@H](N5CCOCC5)C[C@]4(C)[C@H]3CC[C@@]21C.[Br-]. The summed E-state index contributed by atoms with van der Waals surface area (Å²) in [4.78, 5) is 38.8. The first-order valence-corrected chi connectivity index (χ1v) is 17.2. The van der Waals surface area contributed by atoms with E-state index in [1.165, 1.54) is 32.4 Å². The molecule has 2 saturated heterocycles. The van der Waals surface area contributed by atoms with Gasteiger partial charge in [-0.15, -0.1) is 0 Å². The maximum atomic E-state index is 12.8. The number of carbonyl (C=O) groups is 3. The highest BCUT2D eigenvalue weighted by Gasteiger charge is 2.67. The lowest BCUT2D eigenvalue weighted by molar-refractivity contribution is -0.924. The summed E-state index contributed by atoms with van der Waals surface area (Å²) in [6, 6.07) is 0.512. The second-order valence-corrected chi connectivity index (χ2v) is 15.7. The number of likely N-dealkylation sites (N-methyl/N-ethyl adjacent to an activating group) is 1. The largest absolute Gasteiger partial charge is 1.00 e. The predicted molar refractivity (Wildman–Crippen MR) is 160 cm³/mol. The summed E-state index contributed by atoms with van der Waals surface area (Å²) in [6.45, 7) is 12.0. The number of hydrogen-bond donors (Lipinski definition) is 1. The van der Waals surface area contributed by atoms with Crippen molar-refractivity contribution in [1.29, 1.82) is 0 Å². The van der Waals surface area contributed by atoms with Crippen LogP contribution in [-0.2, 0) is 28.6 Å². The number of ether oxygens (including phenoxy) is 3. The highest BCUT2D eigenvalue weighted by atomic mass is 79.9. The van der Waals surface area contributed by atoms with Gasteiger partial charge in [0.25, 0.3) is 0 Å². The highest BCUT2D eigenvalue weighted by Crippen LogP contribution is 2.67. The van der Waals surface area contributed by atoms with Gasteiger partial charge in [-0.3, -0.25) is 19.3 Å². The molecule has 9 nitrogen and oxygen atoms in total. The molecule has 0 amide bonds. The van der Waals surface area contributed by atoms with Gasteiger partial charge in [-0.25, -0.2) is 0 Å². The Morgan fingerprint density at radius 1 is 0.955 bits per heavy atom. The number of fused-ring (bicyclic) bond motifs is 5. The van der Waals surface area contributed by atoms with Crippen molar-refractivity contribution in [2.45, 2.75) is 116 Å². The number of carboxylic acids is 1. The van der Waals surface area contributed by atoms with E-state index in [1.807, 2.05) is 0 Å². The summed E-state index contributed by atoms with van der Waals surface area (Å²) in [6.07, 6.45) is 9.66. The molecule has 0 aromatic rings. The smallest absolute Gasteiger partial charge is 0.306 e. The highest BCUT2D eigenvalue weighted by molar-refractivity contribution is 5.76. The molecular weight excluding hydrogens is 628 g/mol. The first-order chi connectivity index (χ1) is 20.4. The van der Waals surface area contributed by atoms with Crippen LogP contribution in [0.3, 0.4) is 0 Å². The Bertz CT molecular complexity index is 1080. The Balaban J connectivity index is 0.00000384. The van der Waals surface area contributed by atoms with Crippen LogP contribution in [0.1, 0.15) is 91.4 Å². The maximum absolute atomic E-state index is 12.8. The van der Waals surface area contributed by atoms with Crippen LogP contribution in [0.25, 0.3) is 0 Å². The number of rotatable bonds is 7. The summed E-state index contributed by atoms with van der Waals surface area (Å²) in [5.41, 5.74) is 0.170. The van der Waals surface area contributed by atoms with Crippen LogP contribution >= 0.6 is 0 Å². The van der Waals surface area contributed by atoms with Gasteiger partial charge in [0, 0.05) is 50.7 Å². The fraction of sp³-hybridized carbons (Fsp3) is 0.912. The molecule has 10 atom stereocenters. The second-order valence-electron chi connectivity index (χ2n) is 15.7. The van der Waals surface area contributed by atoms with Gasteiger partial charge in [-0.2, -0.15) is 0 Å². The Morgan fingerprint density at radius 2 is 1.66 bits per heavy atom. The van der Waals surface area contributed by atoms with E-state index in [-0.39, 0.29) is 70.8 Å². The molecule has 0 aromatic heterocycles. The van der Waals surface area contributed by atoms with E-state index in [2.05, 4.69) is 25.8 Å². The molecule has 0 spiro atoms. The number of halogens is 1. The average Bonchev–Trinajstić information content (AvgIpc) is 3.54. The summed E-state index contributed by atoms with van der Waals surface area (Å²) in [5, 5.41) is 9.10. The number of hydrogen-bond acceptors (Lipinski definition) is 7. The zero-order valence-electron chi connectivity index (χ0n) is 27.3. The van der Waals surface area contributed by atoms with E-state index in [1.54, 1.807) is 6.92 Å². The van der Waals surface area contributed by atoms with Crippen molar-refractivity contribution < 1.29 is 55.2 Å². The average molecular weight is 684 g/mol. The Kier molecular flexibility index (Phi) is 10.2. The fourth-order valence-electron chi connectivity index (χ4n) is 11.4. The molecule has 4 aliphatic carbocycles. The minimum absolute atomic E-state index is 0. The van der Waals surface area contributed by atoms with Gasteiger partial charge in [0.05, 0.1) is 46.2 Å². The lowest BCUT2D eigenvalue weighted by atomic mass is 9.44. The van der Waals surface area contributed by atoms with Crippen molar-refractivity contribution in [3.63, 3.8) is 0 Å². The molecule has 0 bridgehead atoms. The van der Waals surface area contributed by atoms with Crippen LogP contribution in [0.2, 0.25) is 0 Å². The molecule has 2 heterocycles. The van der Waals surface area contributed by atoms with Crippen molar-refractivity contribution in [2.75, 3.05) is 46.4 Å². The third kappa shape index (κ3) is 6.11. The van der Waals surface area contributed by atoms with Crippen LogP contribution in [-0.4, -0.2) is 103 Å². The van der Waals surface area contributed by atoms with Gasteiger partial charge in [-0.05, 0) is 67.6 Å². The lowest BCUT2D eigenvalue weighted by Crippen LogP contribution is -3.00. The van der Waals surface area contributed by atoms with Crippen molar-refractivity contribution in [3.8, 4) is 0 Å². The standard InChI is InChI=1S/C34H54N2O7.BrH/c1-22(37)42-32-28(36(4)15-5-6-16-36)20-26-24-8-7-23-19-29(43-31(40)10-9-30(38)39)27(35-13-17-41-18-14-35)21-34(23,3)25(24)11-12-33(26,32)2;/h23-29,32H,5-21H2,1-4H3;1H/t23-,24+,25-,26-,27-,28-,29-,32-,33-,34-;/m0./s1. The minimum atomic E-state index is -0.966. The van der Waals surface area contributed by atoms with Crippen molar-refractivity contribution in [3.05, 3.63) is 0 Å². The Labute approximate surface area is 274 Å². The molecule has 6 fully saturated rings. The molecule has 10 heteroatoms. The van der Waals surface area contributed by atoms with E-state index in [4.69, 9.17) is 19.3 Å². The molecule has 4 saturated carbocycles. The number of morpholine rings is 1. The molecule has 0 radical (unpaired) electrons. The van der Waals surface area contributed by atoms with Gasteiger partial charge < -0.3 is 40.8 Å². The summed E-state index contributed by atoms with van der Waals surface area (Å²) >= 11 is 0. The topological polar surface area (TPSA) is 102 Å². The quantitative estimate of drug-likeness (QED) is 0.317. The third-order valence-electron chi connectivity index (χ3n) is 13.6. The van der Waals surface area contributed by atoms with E-state index in [0.29, 0.717) is 42.9 Å². The first-order valence-electron chi connectivity index (χ1n) is 17.2. The van der Waals surface area contributed by atoms with Crippen molar-refractivity contribution >= 4 is 17.9 Å². The van der Waals surface area contributed by atoms with Crippen LogP contribution in [0.5, 0.6) is 0 Å². The zero-order chi connectivity index (χ0) is 30.6. The minimum Gasteiger partial charge on any atom is -1.00 e. The second kappa shape index (κ2) is 13.1. The number of esters is 2. The molecule has 6 rings (SSSR count). The summed E-state index contributed by atoms with van der Waals surface area (Å²) < 4.78 is 19.2. The van der Waals surface area contributed by atoms with Gasteiger partial charge in [-0.1, -0.05) is 13.8 Å². The van der Waals surface area contributed by atoms with Gasteiger partial charge in [0.15, 0.2) is 6.10 Å². The fourth-order valence-corrected chi connectivity index (χ4v) is 11.4. The number of quaternary nitrogens is 1. The van der Waals surface area contributed by atoms with Crippen molar-refractivity contribution in [1.82, 2.24) is 4.90 Å². The molecule has 44 heavy (non-hydrogen) atoms. The number of nitrogens with zero attached hydrogens (tertiary/aromatic N) is 2. The molecule has 2 aliphatic heterocycles. The number of likely N-dealkylation sites (tertiary alicyclic amines) is 1. The van der Waals surface area contributed by atoms with Crippen LogP contribution in [0, 0.1) is 34.5 Å². The van der Waals surface area contributed by atoms with Gasteiger partial charge in [0.2, 0.25) is 0 Å². The van der Waals surface area contributed by atoms with Crippen LogP contribution < -0.4 is 17.0 Å². The monoisotopic (exact) mass is 682 g/mol. The lowest BCUT2D eigenvalue weighted by Gasteiger charge is -2.62. The number of aliphatic carboxylic acids is 1. The van der Waals surface area contributed by atoms with Crippen molar-refractivity contribution in [2.24, 2.45) is 34.5 Å². The van der Waals surface area contributed by atoms with Gasteiger partial charge >= 0.3 is 17.9 Å². The maximum Gasteiger partial charge on any atom is 0.306 e.